The van der Waals surface area contributed by atoms with Gasteiger partial charge >= 0.3 is 0 Å². The Labute approximate surface area is 111 Å². The van der Waals surface area contributed by atoms with Gasteiger partial charge < -0.3 is 9.64 Å². The average Bonchev–Trinajstić information content (AvgIpc) is 2.68. The maximum absolute atomic E-state index is 5.58. The second-order valence-corrected chi connectivity index (χ2v) is 6.05. The highest BCUT2D eigenvalue weighted by atomic mass is 16.5. The van der Waals surface area contributed by atoms with Crippen molar-refractivity contribution in [2.24, 2.45) is 0 Å². The van der Waals surface area contributed by atoms with Gasteiger partial charge in [0.1, 0.15) is 5.75 Å². The van der Waals surface area contributed by atoms with Crippen LogP contribution in [0.2, 0.25) is 0 Å². The van der Waals surface area contributed by atoms with Crippen molar-refractivity contribution < 1.29 is 4.74 Å². The Morgan fingerprint density at radius 2 is 1.78 bits per heavy atom. The number of benzene rings is 1. The fraction of sp³-hybridized carbons (Fsp3) is 0.625. The molecule has 1 aliphatic carbocycles. The Hall–Kier alpha value is -1.02. The summed E-state index contributed by atoms with van der Waals surface area (Å²) in [6.45, 7) is 4.77. The summed E-state index contributed by atoms with van der Waals surface area (Å²) in [6, 6.07) is 8.48. The highest BCUT2D eigenvalue weighted by molar-refractivity contribution is 5.43. The van der Waals surface area contributed by atoms with E-state index in [0.29, 0.717) is 0 Å². The standard InChI is InChI=1S/C16H25NO/c1-15(11-8-12-16(15,2)17(3)4)13-9-6-7-10-14(13)18-5/h6-7,9-10H,8,11-12H2,1-5H3. The van der Waals surface area contributed by atoms with Gasteiger partial charge in [0.15, 0.2) is 0 Å². The summed E-state index contributed by atoms with van der Waals surface area (Å²) < 4.78 is 5.58. The first-order chi connectivity index (χ1) is 8.45. The first-order valence-corrected chi connectivity index (χ1v) is 6.76. The molecule has 1 saturated carbocycles. The SMILES string of the molecule is COc1ccccc1C1(C)CCCC1(C)N(C)C. The molecule has 18 heavy (non-hydrogen) atoms. The molecule has 1 aliphatic rings. The summed E-state index contributed by atoms with van der Waals surface area (Å²) in [6.07, 6.45) is 3.75. The minimum absolute atomic E-state index is 0.156. The second-order valence-electron chi connectivity index (χ2n) is 6.05. The van der Waals surface area contributed by atoms with Crippen molar-refractivity contribution in [2.45, 2.75) is 44.1 Å². The minimum atomic E-state index is 0.156. The van der Waals surface area contributed by atoms with Crippen LogP contribution in [0, 0.1) is 0 Å². The molecule has 1 aromatic rings. The largest absolute Gasteiger partial charge is 0.496 e. The first kappa shape index (κ1) is 13.4. The number of likely N-dealkylation sites (N-methyl/N-ethyl adjacent to an activating group) is 1. The molecule has 2 heteroatoms. The third-order valence-electron chi connectivity index (χ3n) is 5.22. The van der Waals surface area contributed by atoms with Crippen molar-refractivity contribution in [3.05, 3.63) is 29.8 Å². The van der Waals surface area contributed by atoms with Gasteiger partial charge in [0.2, 0.25) is 0 Å². The van der Waals surface area contributed by atoms with E-state index >= 15 is 0 Å². The summed E-state index contributed by atoms with van der Waals surface area (Å²) in [5, 5.41) is 0. The molecule has 100 valence electrons. The van der Waals surface area contributed by atoms with Crippen molar-refractivity contribution in [1.82, 2.24) is 4.90 Å². The number of nitrogens with zero attached hydrogens (tertiary/aromatic N) is 1. The monoisotopic (exact) mass is 247 g/mol. The van der Waals surface area contributed by atoms with Crippen LogP contribution in [-0.4, -0.2) is 31.6 Å². The van der Waals surface area contributed by atoms with Crippen LogP contribution in [-0.2, 0) is 5.41 Å². The Bertz CT molecular complexity index is 429. The van der Waals surface area contributed by atoms with E-state index in [0.717, 1.165) is 5.75 Å². The van der Waals surface area contributed by atoms with Crippen LogP contribution in [0.3, 0.4) is 0 Å². The quantitative estimate of drug-likeness (QED) is 0.811. The number of hydrogen-bond donors (Lipinski definition) is 0. The number of para-hydroxylation sites is 1. The molecule has 2 nitrogen and oxygen atoms in total. The van der Waals surface area contributed by atoms with E-state index in [1.165, 1.54) is 24.8 Å². The fourth-order valence-electron chi connectivity index (χ4n) is 3.57. The zero-order chi connectivity index (χ0) is 13.4. The number of rotatable bonds is 3. The molecule has 2 atom stereocenters. The van der Waals surface area contributed by atoms with E-state index < -0.39 is 0 Å². The lowest BCUT2D eigenvalue weighted by Gasteiger charge is -2.47. The molecule has 1 aromatic carbocycles. The molecule has 0 amide bonds. The molecule has 0 aromatic heterocycles. The molecule has 0 bridgehead atoms. The Morgan fingerprint density at radius 3 is 2.39 bits per heavy atom. The fourth-order valence-corrected chi connectivity index (χ4v) is 3.57. The van der Waals surface area contributed by atoms with Gasteiger partial charge in [0, 0.05) is 16.5 Å². The highest BCUT2D eigenvalue weighted by Gasteiger charge is 2.51. The van der Waals surface area contributed by atoms with Crippen molar-refractivity contribution >= 4 is 0 Å². The van der Waals surface area contributed by atoms with Gasteiger partial charge in [-0.2, -0.15) is 0 Å². The molecule has 2 rings (SSSR count). The van der Waals surface area contributed by atoms with Crippen molar-refractivity contribution in [3.8, 4) is 5.75 Å². The zero-order valence-corrected chi connectivity index (χ0v) is 12.3. The van der Waals surface area contributed by atoms with E-state index in [-0.39, 0.29) is 11.0 Å². The number of methoxy groups -OCH3 is 1. The van der Waals surface area contributed by atoms with Crippen LogP contribution in [0.5, 0.6) is 5.75 Å². The Balaban J connectivity index is 2.53. The zero-order valence-electron chi connectivity index (χ0n) is 12.3. The van der Waals surface area contributed by atoms with Gasteiger partial charge in [-0.3, -0.25) is 0 Å². The molecule has 2 unspecified atom stereocenters. The molecular weight excluding hydrogens is 222 g/mol. The van der Waals surface area contributed by atoms with Crippen LogP contribution in [0.4, 0.5) is 0 Å². The van der Waals surface area contributed by atoms with Gasteiger partial charge in [-0.1, -0.05) is 31.5 Å². The van der Waals surface area contributed by atoms with Gasteiger partial charge in [0.05, 0.1) is 7.11 Å². The number of hydrogen-bond acceptors (Lipinski definition) is 2. The van der Waals surface area contributed by atoms with E-state index in [2.05, 4.69) is 51.0 Å². The molecule has 1 fully saturated rings. The Morgan fingerprint density at radius 1 is 1.11 bits per heavy atom. The maximum Gasteiger partial charge on any atom is 0.122 e. The summed E-state index contributed by atoms with van der Waals surface area (Å²) in [5.41, 5.74) is 1.70. The van der Waals surface area contributed by atoms with Crippen molar-refractivity contribution in [2.75, 3.05) is 21.2 Å². The summed E-state index contributed by atoms with van der Waals surface area (Å²) in [5.74, 6) is 1.02. The van der Waals surface area contributed by atoms with E-state index in [1.807, 2.05) is 6.07 Å². The molecule has 0 N–H and O–H groups in total. The third-order valence-corrected chi connectivity index (χ3v) is 5.22. The van der Waals surface area contributed by atoms with Gasteiger partial charge in [-0.25, -0.2) is 0 Å². The van der Waals surface area contributed by atoms with Crippen molar-refractivity contribution in [3.63, 3.8) is 0 Å². The van der Waals surface area contributed by atoms with Gasteiger partial charge in [-0.15, -0.1) is 0 Å². The lowest BCUT2D eigenvalue weighted by atomic mass is 9.68. The molecule has 0 spiro atoms. The van der Waals surface area contributed by atoms with Gasteiger partial charge in [-0.05, 0) is 39.9 Å². The molecule has 0 saturated heterocycles. The summed E-state index contributed by atoms with van der Waals surface area (Å²) >= 11 is 0. The topological polar surface area (TPSA) is 12.5 Å². The summed E-state index contributed by atoms with van der Waals surface area (Å²) in [4.78, 5) is 2.38. The maximum atomic E-state index is 5.58. The predicted molar refractivity (Wildman–Crippen MR) is 76.3 cm³/mol. The van der Waals surface area contributed by atoms with Crippen LogP contribution in [0.1, 0.15) is 38.7 Å². The van der Waals surface area contributed by atoms with Crippen LogP contribution in [0.25, 0.3) is 0 Å². The number of ether oxygens (including phenoxy) is 1. The van der Waals surface area contributed by atoms with Crippen LogP contribution < -0.4 is 4.74 Å². The summed E-state index contributed by atoms with van der Waals surface area (Å²) in [7, 11) is 6.15. The second kappa shape index (κ2) is 4.58. The van der Waals surface area contributed by atoms with Crippen LogP contribution in [0.15, 0.2) is 24.3 Å². The minimum Gasteiger partial charge on any atom is -0.496 e. The molecule has 0 aliphatic heterocycles. The van der Waals surface area contributed by atoms with E-state index in [9.17, 15) is 0 Å². The average molecular weight is 247 g/mol. The third kappa shape index (κ3) is 1.74. The first-order valence-electron chi connectivity index (χ1n) is 6.76. The lowest BCUT2D eigenvalue weighted by Crippen LogP contribution is -2.53. The predicted octanol–water partition coefficient (Wildman–Crippen LogP) is 3.46. The molecular formula is C16H25NO. The smallest absolute Gasteiger partial charge is 0.122 e. The van der Waals surface area contributed by atoms with E-state index in [1.54, 1.807) is 7.11 Å². The molecule has 0 heterocycles. The normalized spacial score (nSPS) is 31.9. The van der Waals surface area contributed by atoms with E-state index in [4.69, 9.17) is 4.74 Å². The molecule has 0 radical (unpaired) electrons. The van der Waals surface area contributed by atoms with Crippen molar-refractivity contribution in [1.29, 1.82) is 0 Å². The Kier molecular flexibility index (Phi) is 3.41. The highest BCUT2D eigenvalue weighted by Crippen LogP contribution is 2.52. The van der Waals surface area contributed by atoms with Crippen LogP contribution >= 0.6 is 0 Å². The lowest BCUT2D eigenvalue weighted by molar-refractivity contribution is 0.103. The van der Waals surface area contributed by atoms with Gasteiger partial charge in [0.25, 0.3) is 0 Å².